The molecule has 4 heteroatoms. The highest BCUT2D eigenvalue weighted by molar-refractivity contribution is 6.17. The number of allylic oxidation sites excluding steroid dienone is 1. The van der Waals surface area contributed by atoms with Crippen LogP contribution in [-0.4, -0.2) is 30.3 Å². The normalized spacial score (nSPS) is 16.8. The van der Waals surface area contributed by atoms with Gasteiger partial charge in [0.25, 0.3) is 0 Å². The third kappa shape index (κ3) is 2.55. The summed E-state index contributed by atoms with van der Waals surface area (Å²) in [6.45, 7) is 7.55. The van der Waals surface area contributed by atoms with Gasteiger partial charge in [-0.2, -0.15) is 0 Å². The molecule has 0 aliphatic carbocycles. The molecule has 0 bridgehead atoms. The fourth-order valence-corrected chi connectivity index (χ4v) is 1.61. The van der Waals surface area contributed by atoms with Crippen molar-refractivity contribution in [3.63, 3.8) is 0 Å². The Morgan fingerprint density at radius 1 is 1.57 bits per heavy atom. The van der Waals surface area contributed by atoms with E-state index in [9.17, 15) is 0 Å². The molecule has 0 spiro atoms. The molecular weight excluding hydrogens is 202 g/mol. The minimum Gasteiger partial charge on any atom is -0.476 e. The summed E-state index contributed by atoms with van der Waals surface area (Å²) in [5.41, 5.74) is 1.14. The SMILES string of the molecule is CCC1=C(COCCl)N(C(C)C)CO1. The average molecular weight is 220 g/mol. The fraction of sp³-hybridized carbons (Fsp3) is 0.800. The van der Waals surface area contributed by atoms with Crippen molar-refractivity contribution in [2.24, 2.45) is 0 Å². The summed E-state index contributed by atoms with van der Waals surface area (Å²) in [5.74, 6) is 1.03. The highest BCUT2D eigenvalue weighted by Crippen LogP contribution is 2.24. The molecule has 1 aliphatic heterocycles. The summed E-state index contributed by atoms with van der Waals surface area (Å²) >= 11 is 5.49. The molecular formula is C10H18ClNO2. The van der Waals surface area contributed by atoms with Gasteiger partial charge in [0.15, 0.2) is 6.73 Å². The summed E-state index contributed by atoms with van der Waals surface area (Å²) in [6.07, 6.45) is 0.907. The Kier molecular flexibility index (Phi) is 4.55. The summed E-state index contributed by atoms with van der Waals surface area (Å²) in [6, 6.07) is 0.667. The van der Waals surface area contributed by atoms with Crippen molar-refractivity contribution in [3.05, 3.63) is 11.5 Å². The molecule has 0 N–H and O–H groups in total. The Bertz CT molecular complexity index is 216. The zero-order valence-electron chi connectivity index (χ0n) is 9.05. The van der Waals surface area contributed by atoms with Crippen LogP contribution in [0.2, 0.25) is 0 Å². The molecule has 0 atom stereocenters. The minimum absolute atomic E-state index is 0.229. The first kappa shape index (κ1) is 11.7. The van der Waals surface area contributed by atoms with Gasteiger partial charge in [0.2, 0.25) is 0 Å². The first-order valence-corrected chi connectivity index (χ1v) is 5.49. The smallest absolute Gasteiger partial charge is 0.161 e. The van der Waals surface area contributed by atoms with E-state index in [1.54, 1.807) is 0 Å². The van der Waals surface area contributed by atoms with Crippen LogP contribution in [0, 0.1) is 0 Å². The van der Waals surface area contributed by atoms with E-state index < -0.39 is 0 Å². The van der Waals surface area contributed by atoms with E-state index in [0.717, 1.165) is 17.9 Å². The zero-order chi connectivity index (χ0) is 10.6. The first-order chi connectivity index (χ1) is 6.70. The monoisotopic (exact) mass is 219 g/mol. The molecule has 1 heterocycles. The molecule has 3 nitrogen and oxygen atoms in total. The van der Waals surface area contributed by atoms with Crippen molar-refractivity contribution < 1.29 is 9.47 Å². The highest BCUT2D eigenvalue weighted by atomic mass is 35.5. The van der Waals surface area contributed by atoms with E-state index in [4.69, 9.17) is 21.1 Å². The minimum atomic E-state index is 0.229. The molecule has 0 aromatic carbocycles. The topological polar surface area (TPSA) is 21.7 Å². The molecule has 1 aliphatic rings. The molecule has 0 saturated heterocycles. The number of nitrogens with zero attached hydrogens (tertiary/aromatic N) is 1. The van der Waals surface area contributed by atoms with Crippen LogP contribution >= 0.6 is 11.6 Å². The lowest BCUT2D eigenvalue weighted by molar-refractivity contribution is 0.112. The van der Waals surface area contributed by atoms with Gasteiger partial charge >= 0.3 is 0 Å². The van der Waals surface area contributed by atoms with Gasteiger partial charge in [-0.1, -0.05) is 18.5 Å². The molecule has 0 fully saturated rings. The maximum absolute atomic E-state index is 5.57. The van der Waals surface area contributed by atoms with E-state index in [1.807, 2.05) is 0 Å². The molecule has 14 heavy (non-hydrogen) atoms. The Balaban J connectivity index is 2.67. The molecule has 0 saturated carbocycles. The van der Waals surface area contributed by atoms with Gasteiger partial charge in [-0.05, 0) is 13.8 Å². The zero-order valence-corrected chi connectivity index (χ0v) is 9.80. The van der Waals surface area contributed by atoms with Crippen LogP contribution < -0.4 is 0 Å². The lowest BCUT2D eigenvalue weighted by Crippen LogP contribution is -2.29. The van der Waals surface area contributed by atoms with E-state index in [0.29, 0.717) is 19.4 Å². The maximum atomic E-state index is 5.57. The third-order valence-corrected chi connectivity index (χ3v) is 2.46. The molecule has 0 amide bonds. The van der Waals surface area contributed by atoms with Crippen LogP contribution in [0.25, 0.3) is 0 Å². The summed E-state index contributed by atoms with van der Waals surface area (Å²) in [7, 11) is 0. The second-order valence-electron chi connectivity index (χ2n) is 3.52. The predicted octanol–water partition coefficient (Wildman–Crippen LogP) is 2.52. The standard InChI is InChI=1S/C10H18ClNO2/c1-4-10-9(5-13-6-11)12(7-14-10)8(2)3/h8H,4-7H2,1-3H3. The quantitative estimate of drug-likeness (QED) is 0.664. The maximum Gasteiger partial charge on any atom is 0.161 e. The highest BCUT2D eigenvalue weighted by Gasteiger charge is 2.24. The number of halogens is 1. The molecule has 0 unspecified atom stereocenters. The Morgan fingerprint density at radius 3 is 2.79 bits per heavy atom. The van der Waals surface area contributed by atoms with Gasteiger partial charge in [-0.15, -0.1) is 0 Å². The van der Waals surface area contributed by atoms with Crippen molar-refractivity contribution in [1.29, 1.82) is 0 Å². The van der Waals surface area contributed by atoms with E-state index in [2.05, 4.69) is 25.7 Å². The van der Waals surface area contributed by atoms with E-state index in [1.165, 1.54) is 0 Å². The van der Waals surface area contributed by atoms with Crippen molar-refractivity contribution in [3.8, 4) is 0 Å². The van der Waals surface area contributed by atoms with Crippen LogP contribution in [0.3, 0.4) is 0 Å². The van der Waals surface area contributed by atoms with Crippen molar-refractivity contribution in [1.82, 2.24) is 4.90 Å². The summed E-state index contributed by atoms with van der Waals surface area (Å²) in [4.78, 5) is 2.20. The average Bonchev–Trinajstić information content (AvgIpc) is 2.57. The third-order valence-electron chi connectivity index (χ3n) is 2.31. The Labute approximate surface area is 90.6 Å². The largest absolute Gasteiger partial charge is 0.476 e. The van der Waals surface area contributed by atoms with Crippen LogP contribution in [0.15, 0.2) is 11.5 Å². The van der Waals surface area contributed by atoms with Gasteiger partial charge in [0.05, 0.1) is 12.3 Å². The first-order valence-electron chi connectivity index (χ1n) is 4.95. The number of hydrogen-bond acceptors (Lipinski definition) is 3. The van der Waals surface area contributed by atoms with Crippen LogP contribution in [0.1, 0.15) is 27.2 Å². The van der Waals surface area contributed by atoms with Gasteiger partial charge in [0, 0.05) is 12.5 Å². The number of ether oxygens (including phenoxy) is 2. The Hall–Kier alpha value is -0.410. The molecule has 82 valence electrons. The second-order valence-corrected chi connectivity index (χ2v) is 3.74. The number of alkyl halides is 1. The molecule has 0 aromatic rings. The van der Waals surface area contributed by atoms with Crippen molar-refractivity contribution in [2.75, 3.05) is 19.4 Å². The molecule has 1 rings (SSSR count). The lowest BCUT2D eigenvalue weighted by Gasteiger charge is -2.23. The van der Waals surface area contributed by atoms with Crippen molar-refractivity contribution in [2.45, 2.75) is 33.2 Å². The fourth-order valence-electron chi connectivity index (χ4n) is 1.53. The van der Waals surface area contributed by atoms with Gasteiger partial charge < -0.3 is 14.4 Å². The molecule has 0 radical (unpaired) electrons. The number of rotatable bonds is 5. The second kappa shape index (κ2) is 5.47. The summed E-state index contributed by atoms with van der Waals surface area (Å²) in [5, 5.41) is 0. The van der Waals surface area contributed by atoms with Gasteiger partial charge in [0.1, 0.15) is 11.8 Å². The molecule has 0 aromatic heterocycles. The lowest BCUT2D eigenvalue weighted by atomic mass is 10.2. The van der Waals surface area contributed by atoms with Crippen molar-refractivity contribution >= 4 is 11.6 Å². The predicted molar refractivity (Wildman–Crippen MR) is 56.9 cm³/mol. The van der Waals surface area contributed by atoms with E-state index >= 15 is 0 Å². The summed E-state index contributed by atoms with van der Waals surface area (Å²) < 4.78 is 10.8. The van der Waals surface area contributed by atoms with Gasteiger partial charge in [-0.25, -0.2) is 0 Å². The van der Waals surface area contributed by atoms with Gasteiger partial charge in [-0.3, -0.25) is 0 Å². The van der Waals surface area contributed by atoms with Crippen LogP contribution in [-0.2, 0) is 9.47 Å². The van der Waals surface area contributed by atoms with Crippen LogP contribution in [0.4, 0.5) is 0 Å². The van der Waals surface area contributed by atoms with E-state index in [-0.39, 0.29) is 6.07 Å². The number of hydrogen-bond donors (Lipinski definition) is 0. The Morgan fingerprint density at radius 2 is 2.29 bits per heavy atom. The van der Waals surface area contributed by atoms with Crippen LogP contribution in [0.5, 0.6) is 0 Å².